The number of carboxylic acid groups (broad SMARTS) is 1. The van der Waals surface area contributed by atoms with Gasteiger partial charge in [-0.25, -0.2) is 0 Å². The summed E-state index contributed by atoms with van der Waals surface area (Å²) in [7, 11) is 1.68. The summed E-state index contributed by atoms with van der Waals surface area (Å²) in [6.07, 6.45) is 20.1. The Kier molecular flexibility index (Phi) is 36.8. The summed E-state index contributed by atoms with van der Waals surface area (Å²) in [4.78, 5) is 62.3. The highest BCUT2D eigenvalue weighted by Crippen LogP contribution is 2.39. The second kappa shape index (κ2) is 45.5. The van der Waals surface area contributed by atoms with Crippen molar-refractivity contribution in [2.24, 2.45) is 20.7 Å². The number of unbranched alkanes of at least 4 members (excludes halogenated alkanes) is 3. The number of amidine groups is 2. The number of methoxy groups -OCH3 is 1. The molecule has 0 saturated heterocycles. The van der Waals surface area contributed by atoms with Crippen LogP contribution >= 0.6 is 37.2 Å². The van der Waals surface area contributed by atoms with Crippen LogP contribution in [0.25, 0.3) is 0 Å². The molecule has 102 heavy (non-hydrogen) atoms. The number of esters is 2. The molecule has 0 amide bonds. The maximum absolute atomic E-state index is 12.2. The second-order valence-corrected chi connectivity index (χ2v) is 24.5. The number of rotatable bonds is 31. The Bertz CT molecular complexity index is 3590. The molecule has 9 heterocycles. The van der Waals surface area contributed by atoms with Crippen LogP contribution in [0.2, 0.25) is 0 Å². The van der Waals surface area contributed by atoms with E-state index in [1.807, 2.05) is 48.5 Å². The van der Waals surface area contributed by atoms with Crippen molar-refractivity contribution in [1.29, 1.82) is 0 Å². The minimum atomic E-state index is -0.877. The average Bonchev–Trinajstić information content (AvgIpc) is 1.64. The molecule has 0 spiro atoms. The number of carbonyl (C=O) groups is 3. The van der Waals surface area contributed by atoms with E-state index in [0.717, 1.165) is 144 Å². The van der Waals surface area contributed by atoms with E-state index in [9.17, 15) is 19.5 Å². The highest BCUT2D eigenvalue weighted by molar-refractivity contribution is 5.86. The van der Waals surface area contributed by atoms with Gasteiger partial charge in [-0.3, -0.25) is 29.4 Å². The maximum atomic E-state index is 12.2. The number of carbonyl (C=O) groups excluding carboxylic acids is 2. The Morgan fingerprint density at radius 2 is 0.863 bits per heavy atom. The van der Waals surface area contributed by atoms with Crippen molar-refractivity contribution in [3.8, 4) is 34.5 Å². The molecule has 6 aliphatic rings. The lowest BCUT2D eigenvalue weighted by Gasteiger charge is -2.15. The summed E-state index contributed by atoms with van der Waals surface area (Å²) < 4.78 is 64.0. The number of ether oxygens (including phenoxy) is 9. The quantitative estimate of drug-likeness (QED) is 0.0232. The molecule has 6 aliphatic heterocycles. The number of nitrogens with two attached hydrogens (primary N) is 1. The molecule has 5 N–H and O–H groups in total. The van der Waals surface area contributed by atoms with Gasteiger partial charge in [-0.2, -0.15) is 15.0 Å². The van der Waals surface area contributed by atoms with E-state index in [4.69, 9.17) is 61.9 Å². The van der Waals surface area contributed by atoms with E-state index in [0.29, 0.717) is 109 Å². The Morgan fingerprint density at radius 1 is 0.490 bits per heavy atom. The summed E-state index contributed by atoms with van der Waals surface area (Å²) in [6.45, 7) is 10.2. The largest absolute Gasteiger partial charge is 0.484 e. The fourth-order valence-electron chi connectivity index (χ4n) is 11.8. The Morgan fingerprint density at radius 3 is 1.20 bits per heavy atom. The van der Waals surface area contributed by atoms with Gasteiger partial charge in [0, 0.05) is 108 Å². The number of aliphatic imine (C=N–C) groups is 3. The molecule has 6 aromatic rings. The fourth-order valence-corrected chi connectivity index (χ4v) is 11.8. The van der Waals surface area contributed by atoms with Crippen LogP contribution in [0.4, 0.5) is 0 Å². The first kappa shape index (κ1) is 82.5. The normalized spacial score (nSPS) is 15.1. The second-order valence-electron chi connectivity index (χ2n) is 24.5. The van der Waals surface area contributed by atoms with Crippen LogP contribution in [0.5, 0.6) is 34.5 Å². The summed E-state index contributed by atoms with van der Waals surface area (Å²) >= 11 is 0. The average molecular weight is 1480 g/mol. The molecule has 12 rings (SSSR count). The van der Waals surface area contributed by atoms with Crippen LogP contribution in [0.3, 0.4) is 0 Å². The van der Waals surface area contributed by atoms with E-state index < -0.39 is 5.97 Å². The molecule has 3 aromatic heterocycles. The lowest BCUT2D eigenvalue weighted by molar-refractivity contribution is -0.144. The summed E-state index contributed by atoms with van der Waals surface area (Å²) in [5.41, 5.74) is 8.25. The third-order valence-electron chi connectivity index (χ3n) is 17.0. The van der Waals surface area contributed by atoms with Crippen LogP contribution < -0.4 is 44.8 Å². The van der Waals surface area contributed by atoms with Crippen LogP contribution in [0.1, 0.15) is 199 Å². The van der Waals surface area contributed by atoms with Crippen molar-refractivity contribution in [3.63, 3.8) is 0 Å². The molecule has 3 atom stereocenters. The number of nitrogens with zero attached hydrogens (tertiary/aromatic N) is 9. The molecule has 0 radical (unpaired) electrons. The number of nitrogens with one attached hydrogen (secondary N) is 2. The number of aromatic nitrogens is 6. The number of aryl methyl sites for hydroxylation is 3. The molecular weight excluding hydrogens is 1380 g/mol. The fraction of sp³-hybridized carbons (Fsp3) is 0.577. The van der Waals surface area contributed by atoms with Gasteiger partial charge < -0.3 is 77.7 Å². The highest BCUT2D eigenvalue weighted by atomic mass is 35.5. The number of hydrogen-bond donors (Lipinski definition) is 4. The number of carboxylic acids is 1. The summed E-state index contributed by atoms with van der Waals surface area (Å²) in [6, 6.07) is 16.9. The van der Waals surface area contributed by atoms with Crippen molar-refractivity contribution >= 4 is 72.7 Å². The van der Waals surface area contributed by atoms with Gasteiger partial charge in [-0.05, 0) is 151 Å². The topological polar surface area (TPSA) is 358 Å². The van der Waals surface area contributed by atoms with Gasteiger partial charge >= 0.3 is 17.9 Å². The molecule has 3 aromatic carbocycles. The van der Waals surface area contributed by atoms with Crippen molar-refractivity contribution in [2.75, 3.05) is 80.0 Å². The molecule has 31 heteroatoms. The van der Waals surface area contributed by atoms with E-state index in [2.05, 4.69) is 56.0 Å². The van der Waals surface area contributed by atoms with Crippen molar-refractivity contribution in [2.45, 2.75) is 186 Å². The van der Waals surface area contributed by atoms with Gasteiger partial charge in [-0.15, -0.1) is 37.2 Å². The molecule has 0 saturated carbocycles. The molecule has 0 aliphatic carbocycles. The van der Waals surface area contributed by atoms with Gasteiger partial charge in [0.25, 0.3) is 0 Å². The van der Waals surface area contributed by atoms with Gasteiger partial charge in [0.1, 0.15) is 0 Å². The number of hydrogen-bond acceptors (Lipinski definition) is 27. The Labute approximate surface area is 613 Å². The van der Waals surface area contributed by atoms with Crippen molar-refractivity contribution in [3.05, 3.63) is 106 Å². The summed E-state index contributed by atoms with van der Waals surface area (Å²) in [5, 5.41) is 28.4. The van der Waals surface area contributed by atoms with Gasteiger partial charge in [-0.1, -0.05) is 33.7 Å². The van der Waals surface area contributed by atoms with Gasteiger partial charge in [0.2, 0.25) is 38.1 Å². The van der Waals surface area contributed by atoms with E-state index >= 15 is 0 Å². The van der Waals surface area contributed by atoms with Crippen LogP contribution in [0.15, 0.2) is 83.1 Å². The zero-order chi connectivity index (χ0) is 69.2. The minimum absolute atomic E-state index is 0. The standard InChI is InChI=1S/C24H32N4O5.C22H28N4O5.C19H25N3O5.C6H11NO.3ClH/c1-2-30-24(29)15-18(17-9-10-19-20(13-17)32-16-31-19)14-23-27-22(28-33-23)8-4-6-12-26-21-7-3-5-11-25-21;27-22(28)13-16(15-7-8-17-18(11-15)30-14-29-17)12-21-25-20(26-31-21)6-2-4-10-24-19-5-1-3-9-23-19;1-2-24-19(23)11-14(13-6-7-15-16(9-13)26-12-25-15)10-18-21-17(22-27-18)5-3-4-8-20;1-8-6-4-2-3-5-7-6;;;/h9-10,13,18H,2-8,11-12,14-16H2,1H3,(H,25,26);7-8,11,16H,1-6,9-10,12-14H2,(H,23,24)(H,27,28);6-7,9,14H,2-5,8,10-12,20H2,1H3;2-5H2,1H3;3*1H. The Balaban J connectivity index is 0.000000225. The van der Waals surface area contributed by atoms with E-state index in [1.54, 1.807) is 27.0 Å². The minimum Gasteiger partial charge on any atom is -0.484 e. The maximum Gasteiger partial charge on any atom is 0.306 e. The number of benzene rings is 3. The first-order valence-corrected chi connectivity index (χ1v) is 35.0. The summed E-state index contributed by atoms with van der Waals surface area (Å²) in [5.74, 6) is 8.75. The lowest BCUT2D eigenvalue weighted by Crippen LogP contribution is -2.26. The van der Waals surface area contributed by atoms with Crippen molar-refractivity contribution in [1.82, 2.24) is 41.1 Å². The zero-order valence-electron chi connectivity index (χ0n) is 58.6. The SMILES string of the molecule is CCOC(=O)CC(Cc1nc(CCCCN)no1)c1ccc2c(c1)OCO2.CCOC(=O)CC(Cc1nc(CCCCNC2=NCCCC2)no1)c1ccc2c(c1)OCO2.COC1=NCCCC1.Cl.Cl.Cl.O=C(O)CC(Cc1nc(CCCCNC2=NCCCC2)no1)c1ccc2c(c1)OCO2. The zero-order valence-corrected chi connectivity index (χ0v) is 61.0. The third kappa shape index (κ3) is 27.7. The van der Waals surface area contributed by atoms with Crippen LogP contribution in [-0.2, 0) is 67.1 Å². The molecule has 0 fully saturated rings. The van der Waals surface area contributed by atoms with Crippen LogP contribution in [-0.4, -0.2) is 151 Å². The number of halogens is 3. The van der Waals surface area contributed by atoms with E-state index in [-0.39, 0.29) is 107 Å². The first-order valence-electron chi connectivity index (χ1n) is 35.0. The van der Waals surface area contributed by atoms with Gasteiger partial charge in [0.15, 0.2) is 57.9 Å². The predicted molar refractivity (Wildman–Crippen MR) is 386 cm³/mol. The van der Waals surface area contributed by atoms with E-state index in [1.165, 1.54) is 38.5 Å². The smallest absolute Gasteiger partial charge is 0.306 e. The molecule has 560 valence electrons. The van der Waals surface area contributed by atoms with Gasteiger partial charge in [0.05, 0.1) is 51.3 Å². The van der Waals surface area contributed by atoms with Crippen molar-refractivity contribution < 1.29 is 75.7 Å². The third-order valence-corrected chi connectivity index (χ3v) is 17.0. The highest BCUT2D eigenvalue weighted by Gasteiger charge is 2.28. The number of aliphatic carboxylic acids is 1. The lowest BCUT2D eigenvalue weighted by atomic mass is 9.92. The van der Waals surface area contributed by atoms with Crippen LogP contribution in [0, 0.1) is 0 Å². The number of fused-ring (bicyclic) bond motifs is 3. The molecular formula is C71H99Cl3N12O16. The molecule has 28 nitrogen and oxygen atoms in total. The predicted octanol–water partition coefficient (Wildman–Crippen LogP) is 11.5. The molecule has 0 bridgehead atoms. The monoisotopic (exact) mass is 1480 g/mol. The first-order chi connectivity index (χ1) is 48.5. The molecule has 3 unspecified atom stereocenters. The Hall–Kier alpha value is -8.47.